The van der Waals surface area contributed by atoms with Gasteiger partial charge in [-0.2, -0.15) is 0 Å². The summed E-state index contributed by atoms with van der Waals surface area (Å²) < 4.78 is 4.73. The van der Waals surface area contributed by atoms with Gasteiger partial charge in [0.25, 0.3) is 5.91 Å². The van der Waals surface area contributed by atoms with E-state index in [1.54, 1.807) is 48.5 Å². The molecule has 0 aromatic heterocycles. The van der Waals surface area contributed by atoms with Crippen LogP contribution in [0.4, 0.5) is 0 Å². The van der Waals surface area contributed by atoms with Crippen LogP contribution in [0.15, 0.2) is 48.5 Å². The molecule has 2 atom stereocenters. The number of amides is 1. The molecule has 25 heavy (non-hydrogen) atoms. The average molecular weight is 382 g/mol. The molecule has 7 heteroatoms. The Balaban J connectivity index is 2.18. The average Bonchev–Trinajstić information content (AvgIpc) is 2.63. The van der Waals surface area contributed by atoms with Gasteiger partial charge in [0, 0.05) is 16.5 Å². The van der Waals surface area contributed by atoms with Crippen molar-refractivity contribution in [1.82, 2.24) is 5.32 Å². The van der Waals surface area contributed by atoms with E-state index in [0.717, 1.165) is 0 Å². The third kappa shape index (κ3) is 4.95. The fourth-order valence-corrected chi connectivity index (χ4v) is 2.86. The molecular formula is C18H17Cl2NO4. The Morgan fingerprint density at radius 1 is 1.08 bits per heavy atom. The molecule has 0 aliphatic rings. The highest BCUT2D eigenvalue weighted by Crippen LogP contribution is 2.26. The lowest BCUT2D eigenvalue weighted by Crippen LogP contribution is -2.45. The molecule has 0 fully saturated rings. The number of hydrogen-bond donors (Lipinski definition) is 2. The quantitative estimate of drug-likeness (QED) is 0.754. The minimum Gasteiger partial charge on any atom is -0.467 e. The first-order chi connectivity index (χ1) is 11.9. The monoisotopic (exact) mass is 381 g/mol. The largest absolute Gasteiger partial charge is 0.467 e. The summed E-state index contributed by atoms with van der Waals surface area (Å²) in [5, 5.41) is 13.4. The summed E-state index contributed by atoms with van der Waals surface area (Å²) in [6.07, 6.45) is -1.37. The van der Waals surface area contributed by atoms with E-state index in [-0.39, 0.29) is 6.42 Å². The van der Waals surface area contributed by atoms with Gasteiger partial charge in [-0.25, -0.2) is 4.79 Å². The zero-order valence-electron chi connectivity index (χ0n) is 13.4. The number of hydrogen-bond acceptors (Lipinski definition) is 4. The Bertz CT molecular complexity index is 732. The van der Waals surface area contributed by atoms with Crippen LogP contribution in [0.2, 0.25) is 10.0 Å². The van der Waals surface area contributed by atoms with Gasteiger partial charge in [0.15, 0.2) is 6.10 Å². The van der Waals surface area contributed by atoms with E-state index in [9.17, 15) is 14.7 Å². The van der Waals surface area contributed by atoms with Crippen molar-refractivity contribution in [2.75, 3.05) is 7.11 Å². The molecule has 0 aliphatic heterocycles. The Kier molecular flexibility index (Phi) is 6.82. The van der Waals surface area contributed by atoms with Crippen LogP contribution in [-0.4, -0.2) is 30.1 Å². The molecule has 0 bridgehead atoms. The summed E-state index contributed by atoms with van der Waals surface area (Å²) in [5.74, 6) is -1.38. The lowest BCUT2D eigenvalue weighted by molar-refractivity contribution is -0.146. The molecule has 0 spiro atoms. The molecule has 0 heterocycles. The fraction of sp³-hybridized carbons (Fsp3) is 0.222. The van der Waals surface area contributed by atoms with E-state index in [1.165, 1.54) is 7.11 Å². The van der Waals surface area contributed by atoms with E-state index in [2.05, 4.69) is 5.32 Å². The maximum atomic E-state index is 12.3. The molecule has 2 N–H and O–H groups in total. The Labute approximate surface area is 155 Å². The van der Waals surface area contributed by atoms with Crippen LogP contribution in [0.5, 0.6) is 0 Å². The van der Waals surface area contributed by atoms with Crippen LogP contribution < -0.4 is 5.32 Å². The van der Waals surface area contributed by atoms with Gasteiger partial charge in [-0.05, 0) is 23.3 Å². The summed E-state index contributed by atoms with van der Waals surface area (Å²) in [5.41, 5.74) is 0.926. The van der Waals surface area contributed by atoms with Crippen molar-refractivity contribution in [1.29, 1.82) is 0 Å². The molecule has 0 radical (unpaired) electrons. The number of aliphatic hydroxyl groups is 1. The van der Waals surface area contributed by atoms with Crippen molar-refractivity contribution in [3.05, 3.63) is 69.7 Å². The van der Waals surface area contributed by atoms with E-state index in [0.29, 0.717) is 21.2 Å². The van der Waals surface area contributed by atoms with Crippen molar-refractivity contribution in [2.45, 2.75) is 18.6 Å². The summed E-state index contributed by atoms with van der Waals surface area (Å²) in [6, 6.07) is 12.3. The molecule has 0 saturated heterocycles. The first-order valence-corrected chi connectivity index (χ1v) is 8.23. The van der Waals surface area contributed by atoms with Gasteiger partial charge >= 0.3 is 5.97 Å². The second-order valence-electron chi connectivity index (χ2n) is 5.30. The van der Waals surface area contributed by atoms with Gasteiger partial charge in [-0.1, -0.05) is 59.6 Å². The summed E-state index contributed by atoms with van der Waals surface area (Å²) in [7, 11) is 1.21. The van der Waals surface area contributed by atoms with Crippen molar-refractivity contribution in [2.24, 2.45) is 0 Å². The molecule has 0 saturated carbocycles. The molecule has 5 nitrogen and oxygen atoms in total. The third-order valence-corrected chi connectivity index (χ3v) is 4.34. The van der Waals surface area contributed by atoms with Crippen molar-refractivity contribution >= 4 is 35.1 Å². The van der Waals surface area contributed by atoms with Crippen molar-refractivity contribution < 1.29 is 19.4 Å². The lowest BCUT2D eigenvalue weighted by atomic mass is 10.0. The number of aliphatic hydroxyl groups excluding tert-OH is 1. The number of ether oxygens (including phenoxy) is 1. The first-order valence-electron chi connectivity index (χ1n) is 7.48. The molecule has 1 amide bonds. The third-order valence-electron chi connectivity index (χ3n) is 3.64. The minimum absolute atomic E-state index is 0.0401. The van der Waals surface area contributed by atoms with Crippen LogP contribution in [0.3, 0.4) is 0 Å². The topological polar surface area (TPSA) is 75.6 Å². The number of nitrogens with one attached hydrogen (secondary N) is 1. The van der Waals surface area contributed by atoms with Crippen LogP contribution >= 0.6 is 23.2 Å². The molecule has 132 valence electrons. The Morgan fingerprint density at radius 3 is 2.24 bits per heavy atom. The van der Waals surface area contributed by atoms with E-state index >= 15 is 0 Å². The van der Waals surface area contributed by atoms with Gasteiger partial charge in [0.05, 0.1) is 7.11 Å². The first kappa shape index (κ1) is 19.2. The standard InChI is InChI=1S/C18H17Cl2NO4/c1-25-18(24)15(10-12-13(19)8-5-9-14(12)20)21-17(23)16(22)11-6-3-2-4-7-11/h2-9,15-16,22H,10H2,1H3,(H,21,23)/t15-,16-/m0/s1. The molecule has 0 aliphatic carbocycles. The number of esters is 1. The zero-order chi connectivity index (χ0) is 18.4. The van der Waals surface area contributed by atoms with Gasteiger partial charge in [0.2, 0.25) is 0 Å². The fourth-order valence-electron chi connectivity index (χ4n) is 2.30. The zero-order valence-corrected chi connectivity index (χ0v) is 14.9. The molecule has 2 aromatic carbocycles. The Hall–Kier alpha value is -2.08. The van der Waals surface area contributed by atoms with Crippen LogP contribution in [0.25, 0.3) is 0 Å². The van der Waals surface area contributed by atoms with E-state index in [4.69, 9.17) is 27.9 Å². The second kappa shape index (κ2) is 8.85. The van der Waals surface area contributed by atoms with Crippen LogP contribution in [-0.2, 0) is 20.7 Å². The smallest absolute Gasteiger partial charge is 0.328 e. The van der Waals surface area contributed by atoms with Gasteiger partial charge in [-0.3, -0.25) is 4.79 Å². The minimum atomic E-state index is -1.41. The molecule has 0 unspecified atom stereocenters. The number of carbonyl (C=O) groups is 2. The van der Waals surface area contributed by atoms with E-state index < -0.39 is 24.0 Å². The lowest BCUT2D eigenvalue weighted by Gasteiger charge is -2.20. The van der Waals surface area contributed by atoms with Crippen molar-refractivity contribution in [3.8, 4) is 0 Å². The van der Waals surface area contributed by atoms with Gasteiger partial charge < -0.3 is 15.2 Å². The number of rotatable bonds is 6. The molecule has 2 rings (SSSR count). The maximum Gasteiger partial charge on any atom is 0.328 e. The number of methoxy groups -OCH3 is 1. The predicted molar refractivity (Wildman–Crippen MR) is 95.5 cm³/mol. The predicted octanol–water partition coefficient (Wildman–Crippen LogP) is 2.93. The highest BCUT2D eigenvalue weighted by Gasteiger charge is 2.27. The summed E-state index contributed by atoms with van der Waals surface area (Å²) in [4.78, 5) is 24.3. The van der Waals surface area contributed by atoms with Gasteiger partial charge in [-0.15, -0.1) is 0 Å². The normalized spacial score (nSPS) is 13.0. The van der Waals surface area contributed by atoms with Crippen molar-refractivity contribution in [3.63, 3.8) is 0 Å². The highest BCUT2D eigenvalue weighted by molar-refractivity contribution is 6.36. The number of benzene rings is 2. The molecule has 2 aromatic rings. The SMILES string of the molecule is COC(=O)[C@H](Cc1c(Cl)cccc1Cl)NC(=O)[C@@H](O)c1ccccc1. The molecular weight excluding hydrogens is 365 g/mol. The van der Waals surface area contributed by atoms with Crippen LogP contribution in [0, 0.1) is 0 Å². The number of carbonyl (C=O) groups excluding carboxylic acids is 2. The number of halogens is 2. The van der Waals surface area contributed by atoms with E-state index in [1.807, 2.05) is 0 Å². The summed E-state index contributed by atoms with van der Waals surface area (Å²) >= 11 is 12.2. The Morgan fingerprint density at radius 2 is 1.68 bits per heavy atom. The van der Waals surface area contributed by atoms with Gasteiger partial charge in [0.1, 0.15) is 6.04 Å². The summed E-state index contributed by atoms with van der Waals surface area (Å²) in [6.45, 7) is 0. The maximum absolute atomic E-state index is 12.3. The van der Waals surface area contributed by atoms with Crippen LogP contribution in [0.1, 0.15) is 17.2 Å². The second-order valence-corrected chi connectivity index (χ2v) is 6.12. The highest BCUT2D eigenvalue weighted by atomic mass is 35.5.